The van der Waals surface area contributed by atoms with Crippen molar-refractivity contribution >= 4 is 5.91 Å². The second-order valence-corrected chi connectivity index (χ2v) is 6.95. The normalized spacial score (nSPS) is 26.4. The molecule has 1 saturated carbocycles. The first-order valence-corrected chi connectivity index (χ1v) is 8.26. The number of rotatable bonds is 5. The number of nitrogens with one attached hydrogen (secondary N) is 1. The average molecular weight is 286 g/mol. The Morgan fingerprint density at radius 3 is 2.52 bits per heavy atom. The van der Waals surface area contributed by atoms with Crippen molar-refractivity contribution in [2.75, 3.05) is 6.54 Å². The molecular formula is C18H26N2O. The van der Waals surface area contributed by atoms with Crippen molar-refractivity contribution in [1.29, 1.82) is 0 Å². The molecule has 2 atom stereocenters. The molecule has 2 fully saturated rings. The zero-order valence-corrected chi connectivity index (χ0v) is 13.1. The molecule has 1 aliphatic carbocycles. The fourth-order valence-electron chi connectivity index (χ4n) is 3.38. The van der Waals surface area contributed by atoms with Crippen molar-refractivity contribution in [3.8, 4) is 0 Å². The minimum atomic E-state index is -0.0183. The molecule has 1 saturated heterocycles. The summed E-state index contributed by atoms with van der Waals surface area (Å²) >= 11 is 0. The summed E-state index contributed by atoms with van der Waals surface area (Å²) < 4.78 is 0. The molecular weight excluding hydrogens is 260 g/mol. The third-order valence-corrected chi connectivity index (χ3v) is 4.75. The zero-order valence-electron chi connectivity index (χ0n) is 13.1. The van der Waals surface area contributed by atoms with Crippen molar-refractivity contribution in [2.45, 2.75) is 51.7 Å². The summed E-state index contributed by atoms with van der Waals surface area (Å²) in [5, 5.41) is 3.57. The Kier molecular flexibility index (Phi) is 4.29. The number of benzene rings is 1. The molecule has 1 N–H and O–H groups in total. The molecule has 0 aromatic heterocycles. The molecule has 1 amide bonds. The third kappa shape index (κ3) is 3.13. The van der Waals surface area contributed by atoms with E-state index in [4.69, 9.17) is 0 Å². The molecule has 2 aliphatic rings. The van der Waals surface area contributed by atoms with E-state index in [1.165, 1.54) is 24.8 Å². The van der Waals surface area contributed by atoms with Crippen LogP contribution in [0.4, 0.5) is 0 Å². The molecule has 0 spiro atoms. The van der Waals surface area contributed by atoms with Crippen LogP contribution in [0.15, 0.2) is 30.3 Å². The van der Waals surface area contributed by atoms with Gasteiger partial charge in [-0.1, -0.05) is 50.6 Å². The maximum absolute atomic E-state index is 12.8. The highest BCUT2D eigenvalue weighted by Crippen LogP contribution is 2.33. The minimum Gasteiger partial charge on any atom is -0.321 e. The Balaban J connectivity index is 1.79. The van der Waals surface area contributed by atoms with Gasteiger partial charge in [-0.05, 0) is 36.7 Å². The summed E-state index contributed by atoms with van der Waals surface area (Å²) in [5.41, 5.74) is 1.21. The molecule has 3 rings (SSSR count). The van der Waals surface area contributed by atoms with Gasteiger partial charge in [0.1, 0.15) is 6.17 Å². The van der Waals surface area contributed by atoms with Crippen LogP contribution in [0.3, 0.4) is 0 Å². The number of carbonyl (C=O) groups is 1. The van der Waals surface area contributed by atoms with Crippen molar-refractivity contribution in [2.24, 2.45) is 11.8 Å². The quantitative estimate of drug-likeness (QED) is 0.900. The highest BCUT2D eigenvalue weighted by atomic mass is 16.2. The highest BCUT2D eigenvalue weighted by Gasteiger charge is 2.40. The summed E-state index contributed by atoms with van der Waals surface area (Å²) in [6.07, 6.45) is 4.86. The summed E-state index contributed by atoms with van der Waals surface area (Å²) in [4.78, 5) is 14.9. The topological polar surface area (TPSA) is 32.3 Å². The van der Waals surface area contributed by atoms with E-state index in [9.17, 15) is 4.79 Å². The van der Waals surface area contributed by atoms with Crippen LogP contribution in [0.25, 0.3) is 0 Å². The lowest BCUT2D eigenvalue weighted by Crippen LogP contribution is -2.37. The van der Waals surface area contributed by atoms with Crippen LogP contribution < -0.4 is 5.32 Å². The second-order valence-electron chi connectivity index (χ2n) is 6.95. The summed E-state index contributed by atoms with van der Waals surface area (Å²) in [6.45, 7) is 5.28. The fraction of sp³-hybridized carbons (Fsp3) is 0.611. The zero-order chi connectivity index (χ0) is 14.8. The molecule has 0 radical (unpaired) electrons. The number of amides is 1. The SMILES string of the molecule is CC(C)CC1NC(c2ccccc2)N(CC2CCC2)C1=O. The van der Waals surface area contributed by atoms with Gasteiger partial charge in [0, 0.05) is 6.54 Å². The van der Waals surface area contributed by atoms with Gasteiger partial charge >= 0.3 is 0 Å². The van der Waals surface area contributed by atoms with Crippen molar-refractivity contribution in [3.63, 3.8) is 0 Å². The predicted octanol–water partition coefficient (Wildman–Crippen LogP) is 3.33. The third-order valence-electron chi connectivity index (χ3n) is 4.75. The van der Waals surface area contributed by atoms with Crippen molar-refractivity contribution < 1.29 is 4.79 Å². The van der Waals surface area contributed by atoms with Crippen LogP contribution in [-0.2, 0) is 4.79 Å². The number of hydrogen-bond acceptors (Lipinski definition) is 2. The molecule has 1 heterocycles. The van der Waals surface area contributed by atoms with E-state index in [-0.39, 0.29) is 12.2 Å². The fourth-order valence-corrected chi connectivity index (χ4v) is 3.38. The van der Waals surface area contributed by atoms with E-state index >= 15 is 0 Å². The summed E-state index contributed by atoms with van der Waals surface area (Å²) in [7, 11) is 0. The van der Waals surface area contributed by atoms with Gasteiger partial charge < -0.3 is 4.90 Å². The molecule has 1 aliphatic heterocycles. The van der Waals surface area contributed by atoms with E-state index < -0.39 is 0 Å². The number of carbonyl (C=O) groups excluding carboxylic acids is 1. The monoisotopic (exact) mass is 286 g/mol. The van der Waals surface area contributed by atoms with Gasteiger partial charge in [0.05, 0.1) is 6.04 Å². The van der Waals surface area contributed by atoms with E-state index in [1.54, 1.807) is 0 Å². The maximum Gasteiger partial charge on any atom is 0.241 e. The Morgan fingerprint density at radius 1 is 1.24 bits per heavy atom. The van der Waals surface area contributed by atoms with Gasteiger partial charge in [-0.15, -0.1) is 0 Å². The molecule has 114 valence electrons. The number of nitrogens with zero attached hydrogens (tertiary/aromatic N) is 1. The van der Waals surface area contributed by atoms with Crippen LogP contribution in [0, 0.1) is 11.8 Å². The average Bonchev–Trinajstić information content (AvgIpc) is 2.72. The molecule has 3 heteroatoms. The van der Waals surface area contributed by atoms with E-state index in [2.05, 4.69) is 48.3 Å². The first kappa shape index (κ1) is 14.6. The molecule has 3 nitrogen and oxygen atoms in total. The Labute approximate surface area is 127 Å². The van der Waals surface area contributed by atoms with Gasteiger partial charge in [-0.25, -0.2) is 0 Å². The molecule has 1 aromatic carbocycles. The Hall–Kier alpha value is -1.35. The number of hydrogen-bond donors (Lipinski definition) is 1. The van der Waals surface area contributed by atoms with Crippen LogP contribution in [0.1, 0.15) is 51.3 Å². The van der Waals surface area contributed by atoms with Gasteiger partial charge in [0.15, 0.2) is 0 Å². The Morgan fingerprint density at radius 2 is 1.95 bits per heavy atom. The molecule has 2 unspecified atom stereocenters. The Bertz CT molecular complexity index is 481. The lowest BCUT2D eigenvalue weighted by atomic mass is 9.85. The van der Waals surface area contributed by atoms with Crippen LogP contribution >= 0.6 is 0 Å². The van der Waals surface area contributed by atoms with E-state index in [1.807, 2.05) is 6.07 Å². The van der Waals surface area contributed by atoms with E-state index in [0.717, 1.165) is 13.0 Å². The van der Waals surface area contributed by atoms with Crippen molar-refractivity contribution in [1.82, 2.24) is 10.2 Å². The lowest BCUT2D eigenvalue weighted by molar-refractivity contribution is -0.131. The molecule has 1 aromatic rings. The van der Waals surface area contributed by atoms with Gasteiger partial charge in [-0.2, -0.15) is 0 Å². The summed E-state index contributed by atoms with van der Waals surface area (Å²) in [6, 6.07) is 10.4. The largest absolute Gasteiger partial charge is 0.321 e. The van der Waals surface area contributed by atoms with Gasteiger partial charge in [0.25, 0.3) is 0 Å². The summed E-state index contributed by atoms with van der Waals surface area (Å²) in [5.74, 6) is 1.54. The van der Waals surface area contributed by atoms with Crippen LogP contribution in [0.2, 0.25) is 0 Å². The van der Waals surface area contributed by atoms with E-state index in [0.29, 0.717) is 17.7 Å². The van der Waals surface area contributed by atoms with Crippen LogP contribution in [0.5, 0.6) is 0 Å². The maximum atomic E-state index is 12.8. The molecule has 0 bridgehead atoms. The minimum absolute atomic E-state index is 0.0183. The first-order chi connectivity index (χ1) is 10.1. The molecule has 21 heavy (non-hydrogen) atoms. The predicted molar refractivity (Wildman–Crippen MR) is 84.6 cm³/mol. The smallest absolute Gasteiger partial charge is 0.241 e. The van der Waals surface area contributed by atoms with Crippen LogP contribution in [-0.4, -0.2) is 23.4 Å². The van der Waals surface area contributed by atoms with Gasteiger partial charge in [0.2, 0.25) is 5.91 Å². The lowest BCUT2D eigenvalue weighted by Gasteiger charge is -2.33. The second kappa shape index (κ2) is 6.18. The highest BCUT2D eigenvalue weighted by molar-refractivity contribution is 5.84. The van der Waals surface area contributed by atoms with Gasteiger partial charge in [-0.3, -0.25) is 10.1 Å². The first-order valence-electron chi connectivity index (χ1n) is 8.26. The van der Waals surface area contributed by atoms with Crippen molar-refractivity contribution in [3.05, 3.63) is 35.9 Å². The standard InChI is InChI=1S/C18H26N2O/c1-13(2)11-16-18(21)20(12-14-7-6-8-14)17(19-16)15-9-4-3-5-10-15/h3-5,9-10,13-14,16-17,19H,6-8,11-12H2,1-2H3.